The first-order valence-electron chi connectivity index (χ1n) is 8.05. The van der Waals surface area contributed by atoms with Crippen molar-refractivity contribution in [1.82, 2.24) is 24.5 Å². The number of hydrogen-bond acceptors (Lipinski definition) is 5. The summed E-state index contributed by atoms with van der Waals surface area (Å²) in [4.78, 5) is 28.9. The molecular weight excluding hydrogens is 314 g/mol. The molecule has 0 fully saturated rings. The number of nitrogens with one attached hydrogen (secondary N) is 1. The molecule has 0 unspecified atom stereocenters. The lowest BCUT2D eigenvalue weighted by molar-refractivity contribution is -0.127. The van der Waals surface area contributed by atoms with Gasteiger partial charge in [-0.05, 0) is 39.5 Å². The molecule has 0 bridgehead atoms. The lowest BCUT2D eigenvalue weighted by Crippen LogP contribution is -2.32. The molecule has 0 aliphatic heterocycles. The van der Waals surface area contributed by atoms with Gasteiger partial charge in [0.25, 0.3) is 5.56 Å². The van der Waals surface area contributed by atoms with Gasteiger partial charge in [-0.25, -0.2) is 0 Å². The topological polar surface area (TPSA) is 83.4 Å². The Hall–Kier alpha value is -1.83. The van der Waals surface area contributed by atoms with Crippen LogP contribution in [0.5, 0.6) is 0 Å². The van der Waals surface area contributed by atoms with E-state index in [-0.39, 0.29) is 11.5 Å². The summed E-state index contributed by atoms with van der Waals surface area (Å²) in [5.41, 5.74) is 1.77. The van der Waals surface area contributed by atoms with Crippen molar-refractivity contribution in [2.24, 2.45) is 0 Å². The molecule has 1 amide bonds. The third kappa shape index (κ3) is 2.99. The zero-order chi connectivity index (χ0) is 16.4. The number of carbonyl (C=O) groups is 1. The largest absolute Gasteiger partial charge is 0.343 e. The molecular formula is C15H21N5O2S. The maximum atomic E-state index is 12.2. The van der Waals surface area contributed by atoms with Crippen LogP contribution in [0.1, 0.15) is 37.9 Å². The molecule has 1 N–H and O–H groups in total. The Labute approximate surface area is 138 Å². The first-order chi connectivity index (χ1) is 11.2. The molecule has 0 spiro atoms. The third-order valence-electron chi connectivity index (χ3n) is 4.28. The highest BCUT2D eigenvalue weighted by Gasteiger charge is 2.21. The fraction of sp³-hybridized carbons (Fsp3) is 0.600. The summed E-state index contributed by atoms with van der Waals surface area (Å²) in [6.45, 7) is 5.36. The molecule has 0 atom stereocenters. The molecule has 0 aromatic carbocycles. The minimum Gasteiger partial charge on any atom is -0.343 e. The maximum Gasteiger partial charge on any atom is 0.255 e. The number of aryl methyl sites for hydroxylation is 1. The van der Waals surface area contributed by atoms with Gasteiger partial charge >= 0.3 is 0 Å². The lowest BCUT2D eigenvalue weighted by atomic mass is 9.97. The van der Waals surface area contributed by atoms with Gasteiger partial charge in [0.15, 0.2) is 5.16 Å². The van der Waals surface area contributed by atoms with Crippen molar-refractivity contribution in [3.63, 3.8) is 0 Å². The number of aromatic amines is 1. The van der Waals surface area contributed by atoms with E-state index in [1.807, 2.05) is 18.2 Å². The van der Waals surface area contributed by atoms with Gasteiger partial charge in [-0.2, -0.15) is 0 Å². The van der Waals surface area contributed by atoms with E-state index >= 15 is 0 Å². The van der Waals surface area contributed by atoms with E-state index in [2.05, 4.69) is 15.2 Å². The Kier molecular flexibility index (Phi) is 4.70. The lowest BCUT2D eigenvalue weighted by Gasteiger charge is -2.18. The summed E-state index contributed by atoms with van der Waals surface area (Å²) in [7, 11) is 0. The molecule has 2 aromatic rings. The molecule has 3 rings (SSSR count). The Morgan fingerprint density at radius 2 is 2.00 bits per heavy atom. The summed E-state index contributed by atoms with van der Waals surface area (Å²) in [5, 5.41) is 8.90. The van der Waals surface area contributed by atoms with Crippen molar-refractivity contribution in [1.29, 1.82) is 0 Å². The number of thioether (sulfide) groups is 1. The van der Waals surface area contributed by atoms with Gasteiger partial charge in [-0.1, -0.05) is 11.8 Å². The van der Waals surface area contributed by atoms with Gasteiger partial charge in [-0.15, -0.1) is 10.2 Å². The van der Waals surface area contributed by atoms with Crippen LogP contribution in [0.15, 0.2) is 9.95 Å². The monoisotopic (exact) mass is 335 g/mol. The third-order valence-corrected chi connectivity index (χ3v) is 5.20. The van der Waals surface area contributed by atoms with Crippen LogP contribution in [0.3, 0.4) is 0 Å². The first kappa shape index (κ1) is 16.0. The second-order valence-electron chi connectivity index (χ2n) is 5.58. The normalized spacial score (nSPS) is 14.0. The van der Waals surface area contributed by atoms with Crippen LogP contribution in [0.25, 0.3) is 5.78 Å². The zero-order valence-corrected chi connectivity index (χ0v) is 14.3. The minimum atomic E-state index is -0.0598. The van der Waals surface area contributed by atoms with E-state index in [1.165, 1.54) is 11.8 Å². The summed E-state index contributed by atoms with van der Waals surface area (Å²) >= 11 is 1.38. The van der Waals surface area contributed by atoms with Crippen LogP contribution in [-0.4, -0.2) is 49.2 Å². The van der Waals surface area contributed by atoms with Crippen molar-refractivity contribution in [2.75, 3.05) is 18.8 Å². The van der Waals surface area contributed by atoms with Crippen molar-refractivity contribution < 1.29 is 4.79 Å². The molecule has 0 saturated carbocycles. The highest BCUT2D eigenvalue weighted by molar-refractivity contribution is 7.99. The van der Waals surface area contributed by atoms with Gasteiger partial charge < -0.3 is 4.90 Å². The number of nitrogens with zero attached hydrogens (tertiary/aromatic N) is 4. The van der Waals surface area contributed by atoms with E-state index < -0.39 is 0 Å². The van der Waals surface area contributed by atoms with Crippen molar-refractivity contribution in [3.8, 4) is 0 Å². The molecule has 0 radical (unpaired) electrons. The fourth-order valence-corrected chi connectivity index (χ4v) is 3.90. The van der Waals surface area contributed by atoms with Gasteiger partial charge in [0, 0.05) is 24.3 Å². The van der Waals surface area contributed by atoms with Crippen molar-refractivity contribution >= 4 is 23.4 Å². The van der Waals surface area contributed by atoms with E-state index in [1.54, 1.807) is 4.90 Å². The molecule has 1 aliphatic rings. The number of hydrogen-bond donors (Lipinski definition) is 1. The highest BCUT2D eigenvalue weighted by Crippen LogP contribution is 2.23. The Balaban J connectivity index is 1.90. The average Bonchev–Trinajstić information content (AvgIpc) is 2.97. The molecule has 23 heavy (non-hydrogen) atoms. The van der Waals surface area contributed by atoms with Gasteiger partial charge in [-0.3, -0.25) is 19.0 Å². The zero-order valence-electron chi connectivity index (χ0n) is 13.5. The first-order valence-corrected chi connectivity index (χ1v) is 9.04. The predicted molar refractivity (Wildman–Crippen MR) is 88.9 cm³/mol. The standard InChI is InChI=1S/C15H21N5O2S/c1-3-19(4-2)12(21)9-23-15-18-17-14-16-13(22)10-7-5-6-8-11(10)20(14)15/h3-9H2,1-2H3,(H,16,17,22). The molecule has 7 nitrogen and oxygen atoms in total. The van der Waals surface area contributed by atoms with Crippen molar-refractivity contribution in [3.05, 3.63) is 21.6 Å². The van der Waals surface area contributed by atoms with Crippen LogP contribution < -0.4 is 5.56 Å². The summed E-state index contributed by atoms with van der Waals surface area (Å²) in [6.07, 6.45) is 3.74. The molecule has 2 heterocycles. The van der Waals surface area contributed by atoms with Gasteiger partial charge in [0.1, 0.15) is 0 Å². The SMILES string of the molecule is CCN(CC)C(=O)CSc1nnc2[nH]c(=O)c3c(n12)CCCC3. The molecule has 8 heteroatoms. The van der Waals surface area contributed by atoms with Crippen LogP contribution in [0.4, 0.5) is 0 Å². The number of carbonyl (C=O) groups excluding carboxylic acids is 1. The number of amides is 1. The molecule has 1 aliphatic carbocycles. The second kappa shape index (κ2) is 6.74. The van der Waals surface area contributed by atoms with Gasteiger partial charge in [0.2, 0.25) is 11.7 Å². The van der Waals surface area contributed by atoms with Crippen LogP contribution in [0.2, 0.25) is 0 Å². The van der Waals surface area contributed by atoms with E-state index in [9.17, 15) is 9.59 Å². The van der Waals surface area contributed by atoms with Crippen LogP contribution in [-0.2, 0) is 17.6 Å². The number of rotatable bonds is 5. The Morgan fingerprint density at radius 1 is 1.26 bits per heavy atom. The molecule has 2 aromatic heterocycles. The number of aromatic nitrogens is 4. The van der Waals surface area contributed by atoms with E-state index in [0.717, 1.165) is 36.9 Å². The van der Waals surface area contributed by atoms with E-state index in [4.69, 9.17) is 0 Å². The second-order valence-corrected chi connectivity index (χ2v) is 6.53. The number of fused-ring (bicyclic) bond motifs is 3. The van der Waals surface area contributed by atoms with Crippen LogP contribution >= 0.6 is 11.8 Å². The average molecular weight is 335 g/mol. The summed E-state index contributed by atoms with van der Waals surface area (Å²) in [5.74, 6) is 0.889. The molecule has 0 saturated heterocycles. The smallest absolute Gasteiger partial charge is 0.255 e. The Bertz CT molecular complexity index is 778. The minimum absolute atomic E-state index is 0.0598. The predicted octanol–water partition coefficient (Wildman–Crippen LogP) is 1.26. The fourth-order valence-electron chi connectivity index (χ4n) is 3.04. The quantitative estimate of drug-likeness (QED) is 0.832. The van der Waals surface area contributed by atoms with Gasteiger partial charge in [0.05, 0.1) is 5.75 Å². The van der Waals surface area contributed by atoms with Crippen molar-refractivity contribution in [2.45, 2.75) is 44.7 Å². The Morgan fingerprint density at radius 3 is 2.74 bits per heavy atom. The maximum absolute atomic E-state index is 12.2. The highest BCUT2D eigenvalue weighted by atomic mass is 32.2. The number of H-pyrrole nitrogens is 1. The molecule has 124 valence electrons. The summed E-state index contributed by atoms with van der Waals surface area (Å²) in [6, 6.07) is 0. The summed E-state index contributed by atoms with van der Waals surface area (Å²) < 4.78 is 1.91. The van der Waals surface area contributed by atoms with E-state index in [0.29, 0.717) is 29.8 Å². The van der Waals surface area contributed by atoms with Crippen LogP contribution in [0, 0.1) is 0 Å².